The van der Waals surface area contributed by atoms with Crippen molar-refractivity contribution in [1.29, 1.82) is 5.26 Å². The summed E-state index contributed by atoms with van der Waals surface area (Å²) in [5.41, 5.74) is -0.383. The van der Waals surface area contributed by atoms with Crippen LogP contribution in [0.1, 0.15) is 22.8 Å². The molecular formula is C21H17F5N2O4. The van der Waals surface area contributed by atoms with Crippen LogP contribution in [-0.4, -0.2) is 49.4 Å². The highest BCUT2D eigenvalue weighted by Gasteiger charge is 2.41. The standard InChI is InChI=1S/C21H17F5N2O4/c1-11(21(24,25)26)31-17-6-3-12(8-27)19(30-2)18(17)20(29)28-9-14(10-28)32-13-4-5-15(22)16(23)7-13/h3-7,11,14H,9-10H2,1-2H3. The zero-order chi connectivity index (χ0) is 23.6. The Labute approximate surface area is 179 Å². The van der Waals surface area contributed by atoms with Gasteiger partial charge >= 0.3 is 6.18 Å². The number of carbonyl (C=O) groups is 1. The number of hydrogen-bond acceptors (Lipinski definition) is 5. The normalized spacial score (nSPS) is 14.9. The molecule has 1 amide bonds. The van der Waals surface area contributed by atoms with Crippen molar-refractivity contribution in [2.24, 2.45) is 0 Å². The van der Waals surface area contributed by atoms with Crippen LogP contribution in [0.3, 0.4) is 0 Å². The van der Waals surface area contributed by atoms with Gasteiger partial charge in [0.1, 0.15) is 29.2 Å². The number of hydrogen-bond donors (Lipinski definition) is 0. The number of nitriles is 1. The lowest BCUT2D eigenvalue weighted by atomic mass is 10.0. The maximum atomic E-state index is 13.3. The molecule has 0 bridgehead atoms. The maximum absolute atomic E-state index is 13.3. The Bertz CT molecular complexity index is 1060. The summed E-state index contributed by atoms with van der Waals surface area (Å²) in [5.74, 6) is -3.39. The molecule has 1 atom stereocenters. The van der Waals surface area contributed by atoms with Crippen LogP contribution < -0.4 is 14.2 Å². The molecule has 0 aliphatic carbocycles. The Hall–Kier alpha value is -3.55. The van der Waals surface area contributed by atoms with E-state index in [-0.39, 0.29) is 41.5 Å². The van der Waals surface area contributed by atoms with E-state index < -0.39 is 35.9 Å². The Morgan fingerprint density at radius 1 is 1.19 bits per heavy atom. The SMILES string of the molecule is COc1c(C#N)ccc(OC(C)C(F)(F)F)c1C(=O)N1CC(Oc2ccc(F)c(F)c2)C1. The summed E-state index contributed by atoms with van der Waals surface area (Å²) in [6.07, 6.45) is -7.44. The van der Waals surface area contributed by atoms with Gasteiger partial charge in [-0.3, -0.25) is 4.79 Å². The van der Waals surface area contributed by atoms with Gasteiger partial charge in [-0.25, -0.2) is 8.78 Å². The Morgan fingerprint density at radius 3 is 2.44 bits per heavy atom. The quantitative estimate of drug-likeness (QED) is 0.613. The van der Waals surface area contributed by atoms with Gasteiger partial charge in [-0.1, -0.05) is 0 Å². The van der Waals surface area contributed by atoms with E-state index >= 15 is 0 Å². The molecule has 0 aromatic heterocycles. The van der Waals surface area contributed by atoms with Gasteiger partial charge in [-0.15, -0.1) is 0 Å². The fourth-order valence-electron chi connectivity index (χ4n) is 3.00. The molecule has 2 aromatic rings. The van der Waals surface area contributed by atoms with Crippen molar-refractivity contribution in [3.05, 3.63) is 53.1 Å². The molecule has 1 fully saturated rings. The lowest BCUT2D eigenvalue weighted by molar-refractivity contribution is -0.189. The highest BCUT2D eigenvalue weighted by atomic mass is 19.4. The molecule has 0 saturated carbocycles. The summed E-state index contributed by atoms with van der Waals surface area (Å²) in [5, 5.41) is 9.26. The topological polar surface area (TPSA) is 71.8 Å². The minimum atomic E-state index is -4.68. The second kappa shape index (κ2) is 8.90. The van der Waals surface area contributed by atoms with E-state index in [1.165, 1.54) is 24.1 Å². The number of benzene rings is 2. The number of ether oxygens (including phenoxy) is 3. The first-order valence-corrected chi connectivity index (χ1v) is 9.30. The van der Waals surface area contributed by atoms with Crippen LogP contribution in [0.5, 0.6) is 17.2 Å². The van der Waals surface area contributed by atoms with E-state index in [9.17, 15) is 32.0 Å². The smallest absolute Gasteiger partial charge is 0.425 e. The number of rotatable bonds is 6. The predicted octanol–water partition coefficient (Wildman–Crippen LogP) is 4.08. The number of carbonyl (C=O) groups excluding carboxylic acids is 1. The average Bonchev–Trinajstić information content (AvgIpc) is 2.71. The summed E-state index contributed by atoms with van der Waals surface area (Å²) >= 11 is 0. The highest BCUT2D eigenvalue weighted by molar-refractivity contribution is 6.01. The predicted molar refractivity (Wildman–Crippen MR) is 101 cm³/mol. The fourth-order valence-corrected chi connectivity index (χ4v) is 3.00. The van der Waals surface area contributed by atoms with Gasteiger partial charge in [-0.2, -0.15) is 18.4 Å². The summed E-state index contributed by atoms with van der Waals surface area (Å²) in [7, 11) is 1.18. The Balaban J connectivity index is 1.81. The molecular weight excluding hydrogens is 439 g/mol. The van der Waals surface area contributed by atoms with Crippen LogP contribution in [0, 0.1) is 23.0 Å². The molecule has 1 aliphatic heterocycles. The zero-order valence-corrected chi connectivity index (χ0v) is 16.9. The lowest BCUT2D eigenvalue weighted by Gasteiger charge is -2.39. The van der Waals surface area contributed by atoms with E-state index in [0.717, 1.165) is 25.1 Å². The van der Waals surface area contributed by atoms with Crippen LogP contribution in [0.2, 0.25) is 0 Å². The molecule has 1 heterocycles. The number of halogens is 5. The Morgan fingerprint density at radius 2 is 1.88 bits per heavy atom. The number of nitrogens with zero attached hydrogens (tertiary/aromatic N) is 2. The average molecular weight is 456 g/mol. The minimum absolute atomic E-state index is 0.0199. The number of likely N-dealkylation sites (tertiary alicyclic amines) is 1. The van der Waals surface area contributed by atoms with E-state index in [1.807, 2.05) is 6.07 Å². The molecule has 32 heavy (non-hydrogen) atoms. The molecule has 0 radical (unpaired) electrons. The molecule has 1 unspecified atom stereocenters. The van der Waals surface area contributed by atoms with Crippen LogP contribution in [0.25, 0.3) is 0 Å². The van der Waals surface area contributed by atoms with Crippen molar-refractivity contribution in [2.45, 2.75) is 25.3 Å². The minimum Gasteiger partial charge on any atom is -0.494 e. The molecule has 6 nitrogen and oxygen atoms in total. The van der Waals surface area contributed by atoms with Crippen LogP contribution in [0.15, 0.2) is 30.3 Å². The molecule has 0 N–H and O–H groups in total. The van der Waals surface area contributed by atoms with Gasteiger partial charge in [0, 0.05) is 6.07 Å². The first-order chi connectivity index (χ1) is 15.0. The van der Waals surface area contributed by atoms with Gasteiger partial charge in [-0.05, 0) is 31.2 Å². The molecule has 3 rings (SSSR count). The summed E-state index contributed by atoms with van der Waals surface area (Å²) < 4.78 is 80.8. The third-order valence-electron chi connectivity index (χ3n) is 4.75. The number of methoxy groups -OCH3 is 1. The Kier molecular flexibility index (Phi) is 6.43. The van der Waals surface area contributed by atoms with Crippen molar-refractivity contribution in [2.75, 3.05) is 20.2 Å². The molecule has 1 saturated heterocycles. The van der Waals surface area contributed by atoms with Crippen LogP contribution in [0.4, 0.5) is 22.0 Å². The van der Waals surface area contributed by atoms with Gasteiger partial charge in [0.25, 0.3) is 5.91 Å². The largest absolute Gasteiger partial charge is 0.494 e. The number of alkyl halides is 3. The highest BCUT2D eigenvalue weighted by Crippen LogP contribution is 2.36. The molecule has 2 aromatic carbocycles. The molecule has 11 heteroatoms. The van der Waals surface area contributed by atoms with Crippen molar-refractivity contribution >= 4 is 5.91 Å². The first kappa shape index (κ1) is 23.1. The summed E-state index contributed by atoms with van der Waals surface area (Å²) in [6.45, 7) is 0.826. The fraction of sp³-hybridized carbons (Fsp3) is 0.333. The second-order valence-corrected chi connectivity index (χ2v) is 6.96. The third kappa shape index (κ3) is 4.69. The summed E-state index contributed by atoms with van der Waals surface area (Å²) in [4.78, 5) is 14.3. The molecule has 0 spiro atoms. The number of amides is 1. The summed E-state index contributed by atoms with van der Waals surface area (Å²) in [6, 6.07) is 7.10. The first-order valence-electron chi connectivity index (χ1n) is 9.30. The van der Waals surface area contributed by atoms with Gasteiger partial charge in [0.05, 0.1) is 25.8 Å². The molecule has 1 aliphatic rings. The molecule has 170 valence electrons. The monoisotopic (exact) mass is 456 g/mol. The van der Waals surface area contributed by atoms with Gasteiger partial charge < -0.3 is 19.1 Å². The van der Waals surface area contributed by atoms with Gasteiger partial charge in [0.15, 0.2) is 23.5 Å². The van der Waals surface area contributed by atoms with E-state index in [4.69, 9.17) is 14.2 Å². The third-order valence-corrected chi connectivity index (χ3v) is 4.75. The van der Waals surface area contributed by atoms with Crippen molar-refractivity contribution in [3.8, 4) is 23.3 Å². The van der Waals surface area contributed by atoms with Gasteiger partial charge in [0.2, 0.25) is 0 Å². The van der Waals surface area contributed by atoms with E-state index in [0.29, 0.717) is 0 Å². The van der Waals surface area contributed by atoms with Crippen LogP contribution >= 0.6 is 0 Å². The van der Waals surface area contributed by atoms with E-state index in [1.54, 1.807) is 0 Å². The lowest BCUT2D eigenvalue weighted by Crippen LogP contribution is -2.56. The van der Waals surface area contributed by atoms with Crippen molar-refractivity contribution < 1.29 is 41.0 Å². The van der Waals surface area contributed by atoms with Crippen molar-refractivity contribution in [3.63, 3.8) is 0 Å². The van der Waals surface area contributed by atoms with E-state index in [2.05, 4.69) is 0 Å². The van der Waals surface area contributed by atoms with Crippen molar-refractivity contribution in [1.82, 2.24) is 4.90 Å². The van der Waals surface area contributed by atoms with Crippen LogP contribution in [-0.2, 0) is 0 Å². The second-order valence-electron chi connectivity index (χ2n) is 6.96. The maximum Gasteiger partial charge on any atom is 0.425 e. The zero-order valence-electron chi connectivity index (χ0n) is 16.9.